The van der Waals surface area contributed by atoms with Gasteiger partial charge in [-0.1, -0.05) is 24.3 Å². The summed E-state index contributed by atoms with van der Waals surface area (Å²) in [5.74, 6) is 0.999. The van der Waals surface area contributed by atoms with Crippen LogP contribution < -0.4 is 5.32 Å². The van der Waals surface area contributed by atoms with Crippen molar-refractivity contribution in [3.63, 3.8) is 0 Å². The van der Waals surface area contributed by atoms with Gasteiger partial charge in [0, 0.05) is 12.0 Å². The maximum Gasteiger partial charge on any atom is 0.163 e. The van der Waals surface area contributed by atoms with E-state index in [0.717, 1.165) is 24.9 Å². The van der Waals surface area contributed by atoms with Crippen molar-refractivity contribution in [2.24, 2.45) is 5.92 Å². The Labute approximate surface area is 97.1 Å². The highest BCUT2D eigenvalue weighted by atomic mass is 16.1. The lowest BCUT2D eigenvalue weighted by Gasteiger charge is -2.07. The summed E-state index contributed by atoms with van der Waals surface area (Å²) in [5, 5.41) is 3.12. The zero-order valence-electron chi connectivity index (χ0n) is 9.83. The second-order valence-electron chi connectivity index (χ2n) is 4.58. The number of benzene rings is 1. The first-order valence-corrected chi connectivity index (χ1v) is 6.07. The molecule has 0 saturated heterocycles. The van der Waals surface area contributed by atoms with Gasteiger partial charge in [0.05, 0.1) is 0 Å². The summed E-state index contributed by atoms with van der Waals surface area (Å²) in [6.07, 6.45) is 4.16. The van der Waals surface area contributed by atoms with Gasteiger partial charge in [0.2, 0.25) is 0 Å². The number of Topliss-reactive ketones (excluding diaryl/α,β-unsaturated/α-hetero) is 1. The number of nitrogens with one attached hydrogen (secondary N) is 1. The standard InChI is InChI=1S/C14H19NO/c1-15-9-8-12-4-2-3-5-13(12)14(16)10-11-6-7-11/h2-5,11,15H,6-10H2,1H3. The Morgan fingerprint density at radius 3 is 2.81 bits per heavy atom. The van der Waals surface area contributed by atoms with Crippen LogP contribution >= 0.6 is 0 Å². The first-order valence-electron chi connectivity index (χ1n) is 6.07. The average Bonchev–Trinajstić information content (AvgIpc) is 3.10. The van der Waals surface area contributed by atoms with Gasteiger partial charge in [-0.25, -0.2) is 0 Å². The summed E-state index contributed by atoms with van der Waals surface area (Å²) in [6.45, 7) is 0.924. The molecule has 0 heterocycles. The summed E-state index contributed by atoms with van der Waals surface area (Å²) in [7, 11) is 1.94. The van der Waals surface area contributed by atoms with Crippen LogP contribution in [0.4, 0.5) is 0 Å². The third kappa shape index (κ3) is 2.92. The number of ketones is 1. The summed E-state index contributed by atoms with van der Waals surface area (Å²) in [5.41, 5.74) is 2.12. The normalized spacial score (nSPS) is 15.1. The molecule has 1 aromatic rings. The van der Waals surface area contributed by atoms with Crippen molar-refractivity contribution in [1.82, 2.24) is 5.32 Å². The lowest BCUT2D eigenvalue weighted by atomic mass is 9.98. The molecule has 0 bridgehead atoms. The third-order valence-corrected chi connectivity index (χ3v) is 3.13. The molecule has 1 aliphatic carbocycles. The summed E-state index contributed by atoms with van der Waals surface area (Å²) in [6, 6.07) is 8.01. The van der Waals surface area contributed by atoms with Crippen molar-refractivity contribution >= 4 is 5.78 Å². The van der Waals surface area contributed by atoms with Crippen LogP contribution in [0.2, 0.25) is 0 Å². The topological polar surface area (TPSA) is 29.1 Å². The minimum Gasteiger partial charge on any atom is -0.319 e. The van der Waals surface area contributed by atoms with E-state index in [2.05, 4.69) is 11.4 Å². The Bertz CT molecular complexity index is 369. The van der Waals surface area contributed by atoms with Gasteiger partial charge in [0.25, 0.3) is 0 Å². The number of likely N-dealkylation sites (N-methyl/N-ethyl adjacent to an activating group) is 1. The average molecular weight is 217 g/mol. The fourth-order valence-corrected chi connectivity index (χ4v) is 1.96. The Kier molecular flexibility index (Phi) is 3.73. The van der Waals surface area contributed by atoms with Crippen LogP contribution in [-0.2, 0) is 6.42 Å². The smallest absolute Gasteiger partial charge is 0.163 e. The van der Waals surface area contributed by atoms with E-state index in [9.17, 15) is 4.79 Å². The molecule has 86 valence electrons. The Hall–Kier alpha value is -1.15. The fourth-order valence-electron chi connectivity index (χ4n) is 1.96. The van der Waals surface area contributed by atoms with Crippen LogP contribution in [0.25, 0.3) is 0 Å². The largest absolute Gasteiger partial charge is 0.319 e. The predicted molar refractivity (Wildman–Crippen MR) is 65.7 cm³/mol. The van der Waals surface area contributed by atoms with Crippen LogP contribution in [-0.4, -0.2) is 19.4 Å². The molecule has 1 aromatic carbocycles. The van der Waals surface area contributed by atoms with Gasteiger partial charge in [-0.2, -0.15) is 0 Å². The fraction of sp³-hybridized carbons (Fsp3) is 0.500. The minimum atomic E-state index is 0.328. The second-order valence-corrected chi connectivity index (χ2v) is 4.58. The van der Waals surface area contributed by atoms with Gasteiger partial charge in [0.1, 0.15) is 0 Å². The number of rotatable bonds is 6. The van der Waals surface area contributed by atoms with Gasteiger partial charge >= 0.3 is 0 Å². The first-order chi connectivity index (χ1) is 7.81. The SMILES string of the molecule is CNCCc1ccccc1C(=O)CC1CC1. The minimum absolute atomic E-state index is 0.328. The van der Waals surface area contributed by atoms with Gasteiger partial charge < -0.3 is 5.32 Å². The highest BCUT2D eigenvalue weighted by Gasteiger charge is 2.25. The maximum atomic E-state index is 12.1. The lowest BCUT2D eigenvalue weighted by molar-refractivity contribution is 0.0975. The van der Waals surface area contributed by atoms with Crippen LogP contribution in [0.5, 0.6) is 0 Å². The molecule has 0 aliphatic heterocycles. The highest BCUT2D eigenvalue weighted by Crippen LogP contribution is 2.33. The number of hydrogen-bond donors (Lipinski definition) is 1. The molecule has 1 aliphatic rings. The molecule has 0 spiro atoms. The molecule has 1 fully saturated rings. The molecule has 2 heteroatoms. The Morgan fingerprint density at radius 1 is 1.38 bits per heavy atom. The van der Waals surface area contributed by atoms with Crippen molar-refractivity contribution in [3.8, 4) is 0 Å². The zero-order chi connectivity index (χ0) is 11.4. The van der Waals surface area contributed by atoms with Crippen LogP contribution in [0.1, 0.15) is 35.2 Å². The second kappa shape index (κ2) is 5.26. The van der Waals surface area contributed by atoms with E-state index in [0.29, 0.717) is 11.7 Å². The number of carbonyl (C=O) groups is 1. The maximum absolute atomic E-state index is 12.1. The zero-order valence-corrected chi connectivity index (χ0v) is 9.83. The molecular weight excluding hydrogens is 198 g/mol. The van der Waals surface area contributed by atoms with Crippen molar-refractivity contribution in [3.05, 3.63) is 35.4 Å². The van der Waals surface area contributed by atoms with Crippen molar-refractivity contribution in [2.75, 3.05) is 13.6 Å². The summed E-state index contributed by atoms with van der Waals surface area (Å²) in [4.78, 5) is 12.1. The van der Waals surface area contributed by atoms with E-state index in [1.54, 1.807) is 0 Å². The molecule has 1 saturated carbocycles. The van der Waals surface area contributed by atoms with Gasteiger partial charge in [-0.3, -0.25) is 4.79 Å². The van der Waals surface area contributed by atoms with E-state index >= 15 is 0 Å². The van der Waals surface area contributed by atoms with Crippen LogP contribution in [0.15, 0.2) is 24.3 Å². The summed E-state index contributed by atoms with van der Waals surface area (Å²) < 4.78 is 0. The molecule has 16 heavy (non-hydrogen) atoms. The van der Waals surface area contributed by atoms with E-state index < -0.39 is 0 Å². The van der Waals surface area contributed by atoms with E-state index in [-0.39, 0.29) is 0 Å². The van der Waals surface area contributed by atoms with Crippen molar-refractivity contribution < 1.29 is 4.79 Å². The predicted octanol–water partition coefficient (Wildman–Crippen LogP) is 2.43. The van der Waals surface area contributed by atoms with Crippen LogP contribution in [0, 0.1) is 5.92 Å². The van der Waals surface area contributed by atoms with E-state index in [1.807, 2.05) is 25.2 Å². The Balaban J connectivity index is 2.07. The van der Waals surface area contributed by atoms with Crippen molar-refractivity contribution in [1.29, 1.82) is 0 Å². The first kappa shape index (κ1) is 11.3. The molecule has 0 amide bonds. The molecule has 0 unspecified atom stereocenters. The molecular formula is C14H19NO. The van der Waals surface area contributed by atoms with Gasteiger partial charge in [-0.05, 0) is 44.3 Å². The quantitative estimate of drug-likeness (QED) is 0.741. The van der Waals surface area contributed by atoms with E-state index in [4.69, 9.17) is 0 Å². The number of carbonyl (C=O) groups excluding carboxylic acids is 1. The molecule has 2 rings (SSSR count). The van der Waals surface area contributed by atoms with Crippen LogP contribution in [0.3, 0.4) is 0 Å². The van der Waals surface area contributed by atoms with Gasteiger partial charge in [0.15, 0.2) is 5.78 Å². The summed E-state index contributed by atoms with van der Waals surface area (Å²) >= 11 is 0. The lowest BCUT2D eigenvalue weighted by Crippen LogP contribution is -2.13. The van der Waals surface area contributed by atoms with Crippen molar-refractivity contribution in [2.45, 2.75) is 25.7 Å². The molecule has 1 N–H and O–H groups in total. The highest BCUT2D eigenvalue weighted by molar-refractivity contribution is 5.97. The monoisotopic (exact) mass is 217 g/mol. The molecule has 0 aromatic heterocycles. The van der Waals surface area contributed by atoms with Gasteiger partial charge in [-0.15, -0.1) is 0 Å². The third-order valence-electron chi connectivity index (χ3n) is 3.13. The van der Waals surface area contributed by atoms with E-state index in [1.165, 1.54) is 18.4 Å². The molecule has 2 nitrogen and oxygen atoms in total. The Morgan fingerprint density at radius 2 is 2.12 bits per heavy atom. The molecule has 0 radical (unpaired) electrons. The number of hydrogen-bond acceptors (Lipinski definition) is 2. The molecule has 0 atom stereocenters.